The number of carbonyl (C=O) groups excluding carboxylic acids is 1. The number of ether oxygens (including phenoxy) is 1. The predicted octanol–water partition coefficient (Wildman–Crippen LogP) is 1.90. The van der Waals surface area contributed by atoms with Crippen LogP contribution in [0.5, 0.6) is 5.75 Å². The first kappa shape index (κ1) is 10.1. The predicted molar refractivity (Wildman–Crippen MR) is 53.5 cm³/mol. The Morgan fingerprint density at radius 1 is 1.69 bits per heavy atom. The van der Waals surface area contributed by atoms with Gasteiger partial charge >= 0.3 is 0 Å². The first-order chi connectivity index (χ1) is 6.27. The molecule has 0 aliphatic rings. The zero-order valence-corrected chi connectivity index (χ0v) is 8.61. The van der Waals surface area contributed by atoms with Gasteiger partial charge in [-0.1, -0.05) is 6.92 Å². The molecule has 0 fully saturated rings. The summed E-state index contributed by atoms with van der Waals surface area (Å²) in [5.74, 6) is 0.724. The normalized spacial score (nSPS) is 9.69. The molecule has 1 amide bonds. The Morgan fingerprint density at radius 2 is 2.46 bits per heavy atom. The molecule has 1 rings (SSSR count). The molecule has 4 heteroatoms. The van der Waals surface area contributed by atoms with E-state index in [9.17, 15) is 4.79 Å². The Bertz CT molecular complexity index is 283. The van der Waals surface area contributed by atoms with E-state index in [0.717, 1.165) is 18.7 Å². The van der Waals surface area contributed by atoms with E-state index in [1.165, 1.54) is 11.3 Å². The second-order valence-electron chi connectivity index (χ2n) is 2.61. The van der Waals surface area contributed by atoms with Crippen LogP contribution >= 0.6 is 11.3 Å². The molecule has 0 aromatic carbocycles. The van der Waals surface area contributed by atoms with Crippen LogP contribution in [0, 0.1) is 0 Å². The summed E-state index contributed by atoms with van der Waals surface area (Å²) in [7, 11) is 1.59. The second-order valence-corrected chi connectivity index (χ2v) is 3.52. The molecule has 3 nitrogen and oxygen atoms in total. The number of carbonyl (C=O) groups is 1. The standard InChI is InChI=1S/C9H13NO2S/c1-3-4-10-9(11)8-5-7(12-2)6-13-8/h5-6H,3-4H2,1-2H3,(H,10,11). The highest BCUT2D eigenvalue weighted by atomic mass is 32.1. The van der Waals surface area contributed by atoms with Crippen molar-refractivity contribution in [2.24, 2.45) is 0 Å². The first-order valence-electron chi connectivity index (χ1n) is 4.18. The van der Waals surface area contributed by atoms with Gasteiger partial charge in [0.2, 0.25) is 0 Å². The number of amides is 1. The maximum atomic E-state index is 11.4. The lowest BCUT2D eigenvalue weighted by Crippen LogP contribution is -2.22. The molecule has 1 aromatic rings. The van der Waals surface area contributed by atoms with Gasteiger partial charge < -0.3 is 10.1 Å². The van der Waals surface area contributed by atoms with E-state index in [1.54, 1.807) is 13.2 Å². The van der Waals surface area contributed by atoms with Gasteiger partial charge in [0.15, 0.2) is 0 Å². The SMILES string of the molecule is CCCNC(=O)c1cc(OC)cs1. The van der Waals surface area contributed by atoms with Crippen molar-refractivity contribution in [3.8, 4) is 5.75 Å². The molecule has 0 bridgehead atoms. The van der Waals surface area contributed by atoms with Crippen molar-refractivity contribution in [3.05, 3.63) is 16.3 Å². The minimum atomic E-state index is -0.0184. The summed E-state index contributed by atoms with van der Waals surface area (Å²) in [6.07, 6.45) is 0.953. The fourth-order valence-electron chi connectivity index (χ4n) is 0.871. The fourth-order valence-corrected chi connectivity index (χ4v) is 1.64. The molecule has 0 saturated carbocycles. The molecule has 0 saturated heterocycles. The molecule has 0 radical (unpaired) electrons. The third-order valence-corrected chi connectivity index (χ3v) is 2.48. The maximum absolute atomic E-state index is 11.4. The molecule has 0 aliphatic carbocycles. The van der Waals surface area contributed by atoms with Crippen molar-refractivity contribution in [2.45, 2.75) is 13.3 Å². The molecule has 1 heterocycles. The average Bonchev–Trinajstić information content (AvgIpc) is 2.62. The summed E-state index contributed by atoms with van der Waals surface area (Å²) in [6, 6.07) is 1.75. The lowest BCUT2D eigenvalue weighted by atomic mass is 10.4. The van der Waals surface area contributed by atoms with E-state index < -0.39 is 0 Å². The summed E-state index contributed by atoms with van der Waals surface area (Å²) in [5.41, 5.74) is 0. The second kappa shape index (κ2) is 4.87. The third kappa shape index (κ3) is 2.73. The van der Waals surface area contributed by atoms with Crippen LogP contribution < -0.4 is 10.1 Å². The summed E-state index contributed by atoms with van der Waals surface area (Å²) >= 11 is 1.40. The van der Waals surface area contributed by atoms with Crippen molar-refractivity contribution in [1.82, 2.24) is 5.32 Å². The van der Waals surface area contributed by atoms with Crippen LogP contribution in [0.4, 0.5) is 0 Å². The van der Waals surface area contributed by atoms with Gasteiger partial charge in [-0.15, -0.1) is 11.3 Å². The van der Waals surface area contributed by atoms with Gasteiger partial charge in [0.1, 0.15) is 5.75 Å². The quantitative estimate of drug-likeness (QED) is 0.804. The van der Waals surface area contributed by atoms with Crippen molar-refractivity contribution in [3.63, 3.8) is 0 Å². The van der Waals surface area contributed by atoms with Gasteiger partial charge in [-0.2, -0.15) is 0 Å². The largest absolute Gasteiger partial charge is 0.496 e. The number of methoxy groups -OCH3 is 1. The van der Waals surface area contributed by atoms with Gasteiger partial charge in [0.25, 0.3) is 5.91 Å². The highest BCUT2D eigenvalue weighted by Gasteiger charge is 2.07. The van der Waals surface area contributed by atoms with Crippen molar-refractivity contribution >= 4 is 17.2 Å². The molecule has 72 valence electrons. The van der Waals surface area contributed by atoms with E-state index >= 15 is 0 Å². The highest BCUT2D eigenvalue weighted by molar-refractivity contribution is 7.12. The van der Waals surface area contributed by atoms with E-state index in [0.29, 0.717) is 4.88 Å². The average molecular weight is 199 g/mol. The molecule has 13 heavy (non-hydrogen) atoms. The minimum absolute atomic E-state index is 0.0184. The Hall–Kier alpha value is -1.03. The molecule has 0 spiro atoms. The van der Waals surface area contributed by atoms with E-state index in [1.807, 2.05) is 12.3 Å². The maximum Gasteiger partial charge on any atom is 0.261 e. The molecule has 0 aliphatic heterocycles. The summed E-state index contributed by atoms with van der Waals surface area (Å²) in [6.45, 7) is 2.74. The summed E-state index contributed by atoms with van der Waals surface area (Å²) < 4.78 is 4.98. The zero-order chi connectivity index (χ0) is 9.68. The Balaban J connectivity index is 2.55. The lowest BCUT2D eigenvalue weighted by Gasteiger charge is -1.99. The van der Waals surface area contributed by atoms with Crippen molar-refractivity contribution in [2.75, 3.05) is 13.7 Å². The van der Waals surface area contributed by atoms with Crippen molar-refractivity contribution in [1.29, 1.82) is 0 Å². The minimum Gasteiger partial charge on any atom is -0.496 e. The topological polar surface area (TPSA) is 38.3 Å². The van der Waals surface area contributed by atoms with Crippen LogP contribution in [-0.4, -0.2) is 19.6 Å². The zero-order valence-electron chi connectivity index (χ0n) is 7.79. The van der Waals surface area contributed by atoms with Gasteiger partial charge in [0.05, 0.1) is 12.0 Å². The Kier molecular flexibility index (Phi) is 3.76. The van der Waals surface area contributed by atoms with E-state index in [-0.39, 0.29) is 5.91 Å². The summed E-state index contributed by atoms with van der Waals surface area (Å²) in [4.78, 5) is 12.1. The highest BCUT2D eigenvalue weighted by Crippen LogP contribution is 2.20. The summed E-state index contributed by atoms with van der Waals surface area (Å²) in [5, 5.41) is 4.62. The Labute approximate surface area is 81.7 Å². The lowest BCUT2D eigenvalue weighted by molar-refractivity contribution is 0.0957. The molecule has 0 atom stereocenters. The first-order valence-corrected chi connectivity index (χ1v) is 5.06. The van der Waals surface area contributed by atoms with Crippen LogP contribution in [-0.2, 0) is 0 Å². The van der Waals surface area contributed by atoms with Crippen LogP contribution in [0.15, 0.2) is 11.4 Å². The molecule has 0 unspecified atom stereocenters. The van der Waals surface area contributed by atoms with Gasteiger partial charge in [-0.25, -0.2) is 0 Å². The van der Waals surface area contributed by atoms with E-state index in [2.05, 4.69) is 5.32 Å². The number of rotatable bonds is 4. The smallest absolute Gasteiger partial charge is 0.261 e. The molecular formula is C9H13NO2S. The monoisotopic (exact) mass is 199 g/mol. The number of hydrogen-bond donors (Lipinski definition) is 1. The van der Waals surface area contributed by atoms with Gasteiger partial charge in [-0.05, 0) is 6.42 Å². The molecule has 1 aromatic heterocycles. The third-order valence-electron chi connectivity index (χ3n) is 1.57. The Morgan fingerprint density at radius 3 is 3.00 bits per heavy atom. The number of thiophene rings is 1. The van der Waals surface area contributed by atoms with Crippen LogP contribution in [0.3, 0.4) is 0 Å². The van der Waals surface area contributed by atoms with Crippen LogP contribution in [0.25, 0.3) is 0 Å². The van der Waals surface area contributed by atoms with Gasteiger partial charge in [-0.3, -0.25) is 4.79 Å². The van der Waals surface area contributed by atoms with Gasteiger partial charge in [0, 0.05) is 18.0 Å². The number of hydrogen-bond acceptors (Lipinski definition) is 3. The van der Waals surface area contributed by atoms with Crippen LogP contribution in [0.1, 0.15) is 23.0 Å². The number of nitrogens with one attached hydrogen (secondary N) is 1. The molecular weight excluding hydrogens is 186 g/mol. The molecule has 1 N–H and O–H groups in total. The van der Waals surface area contributed by atoms with E-state index in [4.69, 9.17) is 4.74 Å². The fraction of sp³-hybridized carbons (Fsp3) is 0.444. The van der Waals surface area contributed by atoms with Crippen LogP contribution in [0.2, 0.25) is 0 Å². The van der Waals surface area contributed by atoms with Crippen molar-refractivity contribution < 1.29 is 9.53 Å².